The lowest BCUT2D eigenvalue weighted by Crippen LogP contribution is -2.45. The standard InChI is InChI=1S/C52H110N4O4/c1-5-9-12-15-18-21-24-27-30-33-36-50(58)46-54-40-42-55(41-39-53-45-49(57)8-4)43-44-56(47-51(59)37-34-31-28-25-22-19-16-13-10-6-2)48-52(60)38-35-32-29-26-23-20-17-14-11-7-3/h49-54,57-60H,5-48H2,1-4H3. The molecule has 8 nitrogen and oxygen atoms in total. The molecule has 0 heterocycles. The molecule has 60 heavy (non-hydrogen) atoms. The van der Waals surface area contributed by atoms with E-state index in [2.05, 4.69) is 41.2 Å². The molecule has 4 atom stereocenters. The van der Waals surface area contributed by atoms with Crippen molar-refractivity contribution in [1.29, 1.82) is 0 Å². The van der Waals surface area contributed by atoms with Crippen molar-refractivity contribution in [3.8, 4) is 0 Å². The molecule has 0 spiro atoms. The fraction of sp³-hybridized carbons (Fsp3) is 1.00. The van der Waals surface area contributed by atoms with E-state index in [1.807, 2.05) is 6.92 Å². The molecule has 362 valence electrons. The molecule has 0 fully saturated rings. The predicted octanol–water partition coefficient (Wildman–Crippen LogP) is 11.6. The molecule has 0 aromatic heterocycles. The third kappa shape index (κ3) is 44.3. The van der Waals surface area contributed by atoms with Crippen LogP contribution >= 0.6 is 0 Å². The number of aliphatic hydroxyl groups excluding tert-OH is 4. The number of nitrogens with one attached hydrogen (secondary N) is 2. The van der Waals surface area contributed by atoms with E-state index in [-0.39, 0.29) is 24.4 Å². The zero-order valence-corrected chi connectivity index (χ0v) is 41.1. The summed E-state index contributed by atoms with van der Waals surface area (Å²) in [6, 6.07) is 0. The van der Waals surface area contributed by atoms with Gasteiger partial charge in [-0.15, -0.1) is 0 Å². The largest absolute Gasteiger partial charge is 0.392 e. The maximum Gasteiger partial charge on any atom is 0.0667 e. The van der Waals surface area contributed by atoms with Gasteiger partial charge in [0, 0.05) is 65.4 Å². The van der Waals surface area contributed by atoms with Gasteiger partial charge in [0.25, 0.3) is 0 Å². The van der Waals surface area contributed by atoms with Gasteiger partial charge in [-0.3, -0.25) is 9.80 Å². The molecule has 0 aromatic rings. The molecule has 0 radical (unpaired) electrons. The zero-order valence-electron chi connectivity index (χ0n) is 41.1. The lowest BCUT2D eigenvalue weighted by Gasteiger charge is -2.31. The number of rotatable bonds is 51. The second-order valence-corrected chi connectivity index (χ2v) is 18.9. The number of unbranched alkanes of at least 4 members (excludes halogenated alkanes) is 27. The van der Waals surface area contributed by atoms with Crippen molar-refractivity contribution >= 4 is 0 Å². The van der Waals surface area contributed by atoms with Crippen molar-refractivity contribution in [2.24, 2.45) is 0 Å². The Bertz CT molecular complexity index is 778. The predicted molar refractivity (Wildman–Crippen MR) is 262 cm³/mol. The van der Waals surface area contributed by atoms with Crippen LogP contribution in [0.4, 0.5) is 0 Å². The minimum atomic E-state index is -0.368. The number of hydrogen-bond donors (Lipinski definition) is 6. The topological polar surface area (TPSA) is 111 Å². The highest BCUT2D eigenvalue weighted by molar-refractivity contribution is 4.73. The highest BCUT2D eigenvalue weighted by atomic mass is 16.3. The van der Waals surface area contributed by atoms with Crippen molar-refractivity contribution in [1.82, 2.24) is 20.4 Å². The Balaban J connectivity index is 4.95. The van der Waals surface area contributed by atoms with Crippen molar-refractivity contribution in [3.05, 3.63) is 0 Å². The molecular formula is C52H110N4O4. The van der Waals surface area contributed by atoms with Crippen molar-refractivity contribution in [2.75, 3.05) is 65.4 Å². The average Bonchev–Trinajstić information content (AvgIpc) is 3.24. The van der Waals surface area contributed by atoms with E-state index < -0.39 is 0 Å². The fourth-order valence-corrected chi connectivity index (χ4v) is 8.51. The highest BCUT2D eigenvalue weighted by Crippen LogP contribution is 2.16. The summed E-state index contributed by atoms with van der Waals surface area (Å²) < 4.78 is 0. The third-order valence-electron chi connectivity index (χ3n) is 12.8. The molecule has 0 saturated carbocycles. The lowest BCUT2D eigenvalue weighted by atomic mass is 10.0. The van der Waals surface area contributed by atoms with E-state index in [1.165, 1.54) is 173 Å². The Morgan fingerprint density at radius 2 is 0.600 bits per heavy atom. The summed E-state index contributed by atoms with van der Waals surface area (Å²) in [4.78, 5) is 4.79. The normalized spacial score (nSPS) is 14.1. The third-order valence-corrected chi connectivity index (χ3v) is 12.8. The first kappa shape index (κ1) is 59.7. The molecule has 0 bridgehead atoms. The van der Waals surface area contributed by atoms with Gasteiger partial charge < -0.3 is 31.1 Å². The van der Waals surface area contributed by atoms with Crippen LogP contribution in [0.3, 0.4) is 0 Å². The van der Waals surface area contributed by atoms with E-state index in [1.54, 1.807) is 0 Å². The summed E-state index contributed by atoms with van der Waals surface area (Å²) in [6.45, 7) is 16.3. The summed E-state index contributed by atoms with van der Waals surface area (Å²) in [5.41, 5.74) is 0. The number of nitrogens with zero attached hydrogens (tertiary/aromatic N) is 2. The van der Waals surface area contributed by atoms with Gasteiger partial charge in [0.2, 0.25) is 0 Å². The number of aliphatic hydroxyl groups is 4. The molecular weight excluding hydrogens is 745 g/mol. The first-order valence-corrected chi connectivity index (χ1v) is 26.9. The molecule has 0 rings (SSSR count). The first-order valence-electron chi connectivity index (χ1n) is 26.9. The highest BCUT2D eigenvalue weighted by Gasteiger charge is 2.18. The second kappa shape index (κ2) is 48.1. The quantitative estimate of drug-likeness (QED) is 0.0336. The van der Waals surface area contributed by atoms with Gasteiger partial charge in [-0.1, -0.05) is 220 Å². The first-order chi connectivity index (χ1) is 29.4. The molecule has 0 aliphatic carbocycles. The van der Waals surface area contributed by atoms with Crippen molar-refractivity contribution in [2.45, 2.75) is 270 Å². The van der Waals surface area contributed by atoms with Crippen LogP contribution < -0.4 is 10.6 Å². The molecule has 0 aromatic carbocycles. The van der Waals surface area contributed by atoms with E-state index in [0.29, 0.717) is 26.2 Å². The Morgan fingerprint density at radius 1 is 0.317 bits per heavy atom. The van der Waals surface area contributed by atoms with E-state index in [4.69, 9.17) is 0 Å². The molecule has 4 unspecified atom stereocenters. The Kier molecular flexibility index (Phi) is 47.9. The summed E-state index contributed by atoms with van der Waals surface area (Å²) in [5.74, 6) is 0. The smallest absolute Gasteiger partial charge is 0.0667 e. The van der Waals surface area contributed by atoms with Crippen LogP contribution in [0.5, 0.6) is 0 Å². The summed E-state index contributed by atoms with van der Waals surface area (Å²) in [5, 5.41) is 50.1. The summed E-state index contributed by atoms with van der Waals surface area (Å²) in [7, 11) is 0. The van der Waals surface area contributed by atoms with Gasteiger partial charge >= 0.3 is 0 Å². The molecule has 0 aliphatic heterocycles. The molecule has 0 saturated heterocycles. The number of hydrogen-bond acceptors (Lipinski definition) is 8. The van der Waals surface area contributed by atoms with Crippen LogP contribution in [0.25, 0.3) is 0 Å². The minimum absolute atomic E-state index is 0.297. The Labute approximate surface area is 375 Å². The van der Waals surface area contributed by atoms with Gasteiger partial charge in [0.1, 0.15) is 0 Å². The Morgan fingerprint density at radius 3 is 0.933 bits per heavy atom. The maximum atomic E-state index is 11.2. The monoisotopic (exact) mass is 855 g/mol. The van der Waals surface area contributed by atoms with Gasteiger partial charge in [-0.05, 0) is 25.7 Å². The summed E-state index contributed by atoms with van der Waals surface area (Å²) in [6.07, 6.45) is 41.1. The van der Waals surface area contributed by atoms with Crippen LogP contribution in [0, 0.1) is 0 Å². The van der Waals surface area contributed by atoms with Gasteiger partial charge in [-0.2, -0.15) is 0 Å². The maximum absolute atomic E-state index is 11.2. The van der Waals surface area contributed by atoms with Crippen LogP contribution in [-0.2, 0) is 0 Å². The second-order valence-electron chi connectivity index (χ2n) is 18.9. The molecule has 0 aliphatic rings. The summed E-state index contributed by atoms with van der Waals surface area (Å²) >= 11 is 0. The van der Waals surface area contributed by atoms with Gasteiger partial charge in [0.05, 0.1) is 24.4 Å². The Hall–Kier alpha value is -0.320. The lowest BCUT2D eigenvalue weighted by molar-refractivity contribution is 0.0549. The van der Waals surface area contributed by atoms with Gasteiger partial charge in [-0.25, -0.2) is 0 Å². The minimum Gasteiger partial charge on any atom is -0.392 e. The van der Waals surface area contributed by atoms with Crippen molar-refractivity contribution < 1.29 is 20.4 Å². The molecule has 0 amide bonds. The molecule has 8 heteroatoms. The van der Waals surface area contributed by atoms with E-state index in [0.717, 1.165) is 84.2 Å². The van der Waals surface area contributed by atoms with E-state index in [9.17, 15) is 20.4 Å². The van der Waals surface area contributed by atoms with Crippen LogP contribution in [-0.4, -0.2) is 120 Å². The molecule has 6 N–H and O–H groups in total. The van der Waals surface area contributed by atoms with E-state index >= 15 is 0 Å². The zero-order chi connectivity index (χ0) is 44.0. The SMILES string of the molecule is CCCCCCCCCCCCC(O)CNCCN(CCNCC(O)CC)CCN(CC(O)CCCCCCCCCCCC)CC(O)CCCCCCCCCCCC. The van der Waals surface area contributed by atoms with Crippen LogP contribution in [0.1, 0.15) is 246 Å². The average molecular weight is 855 g/mol. The fourth-order valence-electron chi connectivity index (χ4n) is 8.51. The van der Waals surface area contributed by atoms with Crippen LogP contribution in [0.2, 0.25) is 0 Å². The van der Waals surface area contributed by atoms with Crippen LogP contribution in [0.15, 0.2) is 0 Å². The van der Waals surface area contributed by atoms with Crippen molar-refractivity contribution in [3.63, 3.8) is 0 Å². The van der Waals surface area contributed by atoms with Gasteiger partial charge in [0.15, 0.2) is 0 Å².